The fourth-order valence-corrected chi connectivity index (χ4v) is 4.68. The molecule has 3 unspecified atom stereocenters. The maximum atomic E-state index is 12.5. The number of nitrogens with zero attached hydrogens (tertiary/aromatic N) is 2. The van der Waals surface area contributed by atoms with Crippen LogP contribution in [0.2, 0.25) is 0 Å². The zero-order valence-corrected chi connectivity index (χ0v) is 17.4. The van der Waals surface area contributed by atoms with Gasteiger partial charge in [0.25, 0.3) is 15.9 Å². The molecular formula is C19H25N3O6S. The number of ether oxygens (including phenoxy) is 2. The summed E-state index contributed by atoms with van der Waals surface area (Å²) in [5.41, 5.74) is 0.472. The Balaban J connectivity index is 1.53. The lowest BCUT2D eigenvalue weighted by Crippen LogP contribution is -2.51. The lowest BCUT2D eigenvalue weighted by molar-refractivity contribution is -0.164. The first-order valence-electron chi connectivity index (χ1n) is 9.48. The number of amidine groups is 1. The van der Waals surface area contributed by atoms with Crippen LogP contribution in [-0.2, 0) is 29.1 Å². The van der Waals surface area contributed by atoms with Gasteiger partial charge in [-0.25, -0.2) is 8.42 Å². The van der Waals surface area contributed by atoms with Crippen molar-refractivity contribution < 1.29 is 27.5 Å². The number of nitrogens with one attached hydrogen (secondary N) is 1. The molecule has 158 valence electrons. The highest BCUT2D eigenvalue weighted by Crippen LogP contribution is 2.22. The van der Waals surface area contributed by atoms with Crippen molar-refractivity contribution in [2.75, 3.05) is 19.6 Å². The second-order valence-corrected chi connectivity index (χ2v) is 8.87. The average molecular weight is 423 g/mol. The molecule has 0 radical (unpaired) electrons. The number of aliphatic imine (C=N–C) groups is 1. The highest BCUT2D eigenvalue weighted by Gasteiger charge is 2.31. The fourth-order valence-electron chi connectivity index (χ4n) is 3.43. The van der Waals surface area contributed by atoms with Crippen LogP contribution in [0.5, 0.6) is 0 Å². The molecule has 1 aromatic rings. The molecule has 9 nitrogen and oxygen atoms in total. The number of hydrogen-bond acceptors (Lipinski definition) is 7. The van der Waals surface area contributed by atoms with Crippen molar-refractivity contribution >= 4 is 27.7 Å². The molecule has 3 atom stereocenters. The van der Waals surface area contributed by atoms with Crippen LogP contribution < -0.4 is 4.72 Å². The molecule has 0 bridgehead atoms. The largest absolute Gasteiger partial charge is 0.452 e. The van der Waals surface area contributed by atoms with Gasteiger partial charge in [0.1, 0.15) is 5.84 Å². The zero-order chi connectivity index (χ0) is 21.2. The Kier molecular flexibility index (Phi) is 6.23. The van der Waals surface area contributed by atoms with Crippen molar-refractivity contribution in [2.45, 2.75) is 50.4 Å². The third-order valence-electron chi connectivity index (χ3n) is 4.64. The number of rotatable bonds is 5. The van der Waals surface area contributed by atoms with Crippen molar-refractivity contribution in [1.29, 1.82) is 0 Å². The van der Waals surface area contributed by atoms with E-state index in [2.05, 4.69) is 9.71 Å². The molecule has 1 aromatic carbocycles. The molecule has 0 aliphatic carbocycles. The first-order chi connectivity index (χ1) is 13.7. The molecule has 2 heterocycles. The fraction of sp³-hybridized carbons (Fsp3) is 0.526. The molecule has 3 rings (SSSR count). The lowest BCUT2D eigenvalue weighted by Gasteiger charge is -2.36. The smallest absolute Gasteiger partial charge is 0.308 e. The Labute approximate surface area is 170 Å². The van der Waals surface area contributed by atoms with Crippen LogP contribution in [0.4, 0.5) is 0 Å². The molecular weight excluding hydrogens is 398 g/mol. The van der Waals surface area contributed by atoms with Crippen molar-refractivity contribution in [2.24, 2.45) is 4.99 Å². The van der Waals surface area contributed by atoms with E-state index in [4.69, 9.17) is 9.47 Å². The molecule has 2 aliphatic heterocycles. The van der Waals surface area contributed by atoms with Crippen molar-refractivity contribution in [1.82, 2.24) is 9.62 Å². The number of esters is 1. The standard InChI is InChI=1S/C19H25N3O6S/c1-12-10-22(11-13(2)27-12)19(24)14(3)28-17(23)8-9-20-18-15-6-4-5-7-16(15)29(25,26)21-18/h4-7,12-14H,8-11H2,1-3H3,(H,20,21). The lowest BCUT2D eigenvalue weighted by atomic mass is 10.2. The van der Waals surface area contributed by atoms with Crippen LogP contribution in [-0.4, -0.2) is 69.0 Å². The molecule has 1 fully saturated rings. The van der Waals surface area contributed by atoms with Gasteiger partial charge in [0.2, 0.25) is 0 Å². The predicted molar refractivity (Wildman–Crippen MR) is 105 cm³/mol. The quantitative estimate of drug-likeness (QED) is 0.697. The molecule has 1 saturated heterocycles. The first kappa shape index (κ1) is 21.3. The van der Waals surface area contributed by atoms with E-state index in [1.807, 2.05) is 13.8 Å². The van der Waals surface area contributed by atoms with Gasteiger partial charge in [-0.1, -0.05) is 12.1 Å². The highest BCUT2D eigenvalue weighted by molar-refractivity contribution is 7.90. The van der Waals surface area contributed by atoms with Crippen LogP contribution in [0.3, 0.4) is 0 Å². The summed E-state index contributed by atoms with van der Waals surface area (Å²) in [6.07, 6.45) is -1.11. The molecule has 0 spiro atoms. The van der Waals surface area contributed by atoms with Gasteiger partial charge in [-0.05, 0) is 32.9 Å². The Morgan fingerprint density at radius 2 is 1.93 bits per heavy atom. The number of carbonyl (C=O) groups is 2. The molecule has 0 aromatic heterocycles. The van der Waals surface area contributed by atoms with E-state index in [0.717, 1.165) is 0 Å². The van der Waals surface area contributed by atoms with E-state index < -0.39 is 22.1 Å². The van der Waals surface area contributed by atoms with E-state index in [1.165, 1.54) is 13.0 Å². The van der Waals surface area contributed by atoms with Gasteiger partial charge in [0.15, 0.2) is 6.10 Å². The van der Waals surface area contributed by atoms with Crippen LogP contribution in [0.25, 0.3) is 0 Å². The summed E-state index contributed by atoms with van der Waals surface area (Å²) in [5.74, 6) is -0.628. The number of hydrogen-bond donors (Lipinski definition) is 1. The topological polar surface area (TPSA) is 114 Å². The molecule has 0 saturated carbocycles. The Morgan fingerprint density at radius 1 is 1.28 bits per heavy atom. The summed E-state index contributed by atoms with van der Waals surface area (Å²) < 4.78 is 37.3. The number of sulfonamides is 1. The Bertz CT molecular complexity index is 920. The molecule has 2 aliphatic rings. The monoisotopic (exact) mass is 423 g/mol. The van der Waals surface area contributed by atoms with Gasteiger partial charge in [-0.3, -0.25) is 19.3 Å². The second kappa shape index (κ2) is 8.50. The number of benzene rings is 1. The summed E-state index contributed by atoms with van der Waals surface area (Å²) in [6, 6.07) is 6.49. The molecule has 1 amide bonds. The normalized spacial score (nSPS) is 25.2. The second-order valence-electron chi connectivity index (χ2n) is 7.21. The van der Waals surface area contributed by atoms with Crippen molar-refractivity contribution in [3.8, 4) is 0 Å². The maximum Gasteiger partial charge on any atom is 0.308 e. The van der Waals surface area contributed by atoms with Gasteiger partial charge in [-0.15, -0.1) is 0 Å². The summed E-state index contributed by atoms with van der Waals surface area (Å²) in [5, 5.41) is 0. The van der Waals surface area contributed by atoms with Gasteiger partial charge in [-0.2, -0.15) is 0 Å². The predicted octanol–water partition coefficient (Wildman–Crippen LogP) is 0.683. The third kappa shape index (κ3) is 4.94. The first-order valence-corrected chi connectivity index (χ1v) is 11.0. The van der Waals surface area contributed by atoms with Gasteiger partial charge < -0.3 is 14.4 Å². The Morgan fingerprint density at radius 3 is 2.62 bits per heavy atom. The van der Waals surface area contributed by atoms with Crippen LogP contribution in [0, 0.1) is 0 Å². The van der Waals surface area contributed by atoms with Crippen LogP contribution in [0.1, 0.15) is 32.8 Å². The van der Waals surface area contributed by atoms with Crippen LogP contribution >= 0.6 is 0 Å². The highest BCUT2D eigenvalue weighted by atomic mass is 32.2. The SMILES string of the molecule is CC1CN(C(=O)C(C)OC(=O)CCN=C2NS(=O)(=O)c3ccccc32)CC(C)O1. The van der Waals surface area contributed by atoms with E-state index in [-0.39, 0.29) is 41.8 Å². The van der Waals surface area contributed by atoms with Crippen molar-refractivity contribution in [3.63, 3.8) is 0 Å². The van der Waals surface area contributed by atoms with E-state index in [1.54, 1.807) is 23.1 Å². The van der Waals surface area contributed by atoms with Gasteiger partial charge in [0.05, 0.1) is 30.1 Å². The summed E-state index contributed by atoms with van der Waals surface area (Å²) in [4.78, 5) is 30.6. The minimum Gasteiger partial charge on any atom is -0.452 e. The minimum atomic E-state index is -3.61. The summed E-state index contributed by atoms with van der Waals surface area (Å²) >= 11 is 0. The number of morpholine rings is 1. The molecule has 10 heteroatoms. The Hall–Kier alpha value is -2.46. The zero-order valence-electron chi connectivity index (χ0n) is 16.6. The molecule has 1 N–H and O–H groups in total. The maximum absolute atomic E-state index is 12.5. The number of carbonyl (C=O) groups excluding carboxylic acids is 2. The summed E-state index contributed by atoms with van der Waals surface area (Å²) in [6.45, 7) is 6.27. The van der Waals surface area contributed by atoms with E-state index >= 15 is 0 Å². The van der Waals surface area contributed by atoms with Gasteiger partial charge >= 0.3 is 5.97 Å². The minimum absolute atomic E-state index is 0.0392. The third-order valence-corrected chi connectivity index (χ3v) is 6.03. The van der Waals surface area contributed by atoms with E-state index in [0.29, 0.717) is 18.7 Å². The van der Waals surface area contributed by atoms with Crippen LogP contribution in [0.15, 0.2) is 34.2 Å². The average Bonchev–Trinajstić information content (AvgIpc) is 2.91. The molecule has 29 heavy (non-hydrogen) atoms. The van der Waals surface area contributed by atoms with Gasteiger partial charge in [0, 0.05) is 18.7 Å². The number of amides is 1. The number of fused-ring (bicyclic) bond motifs is 1. The summed E-state index contributed by atoms with van der Waals surface area (Å²) in [7, 11) is -3.61. The van der Waals surface area contributed by atoms with E-state index in [9.17, 15) is 18.0 Å². The van der Waals surface area contributed by atoms with Crippen molar-refractivity contribution in [3.05, 3.63) is 29.8 Å².